The third-order valence-corrected chi connectivity index (χ3v) is 4.46. The Bertz CT molecular complexity index is 928. The first kappa shape index (κ1) is 16.1. The van der Waals surface area contributed by atoms with Gasteiger partial charge in [0.1, 0.15) is 5.52 Å². The van der Waals surface area contributed by atoms with Gasteiger partial charge in [0, 0.05) is 14.1 Å². The van der Waals surface area contributed by atoms with Crippen molar-refractivity contribution in [2.45, 2.75) is 6.54 Å². The second kappa shape index (κ2) is 6.74. The Morgan fingerprint density at radius 2 is 2.00 bits per heavy atom. The molecule has 0 bridgehead atoms. The van der Waals surface area contributed by atoms with Gasteiger partial charge in [-0.3, -0.25) is 9.80 Å². The molecule has 0 aliphatic heterocycles. The van der Waals surface area contributed by atoms with Crippen LogP contribution in [-0.2, 0) is 6.54 Å². The van der Waals surface area contributed by atoms with Crippen molar-refractivity contribution < 1.29 is 4.79 Å². The van der Waals surface area contributed by atoms with E-state index in [2.05, 4.69) is 15.7 Å². The lowest BCUT2D eigenvalue weighted by Crippen LogP contribution is -2.41. The molecule has 3 aromatic rings. The second-order valence-electron chi connectivity index (χ2n) is 5.41. The summed E-state index contributed by atoms with van der Waals surface area (Å²) in [7, 11) is 3.61. The molecule has 0 N–H and O–H groups in total. The zero-order valence-electron chi connectivity index (χ0n) is 13.3. The van der Waals surface area contributed by atoms with Crippen molar-refractivity contribution in [3.8, 4) is 6.07 Å². The molecule has 2 aromatic carbocycles. The Morgan fingerprint density at radius 3 is 2.75 bits per heavy atom. The SMILES string of the molecule is CN(C)N(Cc1ccccc1C#N)C(=O)c1cccc2nnsc12. The summed E-state index contributed by atoms with van der Waals surface area (Å²) in [4.78, 5) is 13.1. The smallest absolute Gasteiger partial charge is 0.268 e. The highest BCUT2D eigenvalue weighted by Gasteiger charge is 2.22. The Hall–Kier alpha value is -2.82. The normalized spacial score (nSPS) is 10.8. The minimum absolute atomic E-state index is 0.149. The molecule has 0 unspecified atom stereocenters. The molecule has 0 radical (unpaired) electrons. The Morgan fingerprint density at radius 1 is 1.21 bits per heavy atom. The maximum absolute atomic E-state index is 13.1. The number of benzene rings is 2. The number of hydrogen-bond donors (Lipinski definition) is 0. The lowest BCUT2D eigenvalue weighted by molar-refractivity contribution is 0.0156. The summed E-state index contributed by atoms with van der Waals surface area (Å²) in [6.45, 7) is 0.318. The molecule has 3 rings (SSSR count). The number of hydrogen-bond acceptors (Lipinski definition) is 6. The summed E-state index contributed by atoms with van der Waals surface area (Å²) in [6, 6.07) is 14.9. The highest BCUT2D eigenvalue weighted by molar-refractivity contribution is 7.13. The molecule has 0 spiro atoms. The average molecular weight is 337 g/mol. The van der Waals surface area contributed by atoms with E-state index in [-0.39, 0.29) is 5.91 Å². The first-order valence-corrected chi connectivity index (χ1v) is 8.07. The Kier molecular flexibility index (Phi) is 4.51. The fourth-order valence-electron chi connectivity index (χ4n) is 2.44. The van der Waals surface area contributed by atoms with Crippen LogP contribution in [0.3, 0.4) is 0 Å². The monoisotopic (exact) mass is 337 g/mol. The number of nitriles is 1. The predicted molar refractivity (Wildman–Crippen MR) is 92.1 cm³/mol. The van der Waals surface area contributed by atoms with Crippen molar-refractivity contribution in [1.82, 2.24) is 19.6 Å². The average Bonchev–Trinajstić information content (AvgIpc) is 3.07. The minimum atomic E-state index is -0.149. The highest BCUT2D eigenvalue weighted by atomic mass is 32.1. The van der Waals surface area contributed by atoms with Crippen LogP contribution in [0.5, 0.6) is 0 Å². The standard InChI is InChI=1S/C17H15N5OS/c1-21(2)22(11-13-7-4-3-6-12(13)10-18)17(23)14-8-5-9-15-16(14)24-20-19-15/h3-9H,11H2,1-2H3. The van der Waals surface area contributed by atoms with Crippen molar-refractivity contribution in [1.29, 1.82) is 5.26 Å². The van der Waals surface area contributed by atoms with Gasteiger partial charge in [-0.05, 0) is 35.3 Å². The van der Waals surface area contributed by atoms with Crippen molar-refractivity contribution in [2.75, 3.05) is 14.1 Å². The van der Waals surface area contributed by atoms with Crippen LogP contribution in [0.2, 0.25) is 0 Å². The summed E-state index contributed by atoms with van der Waals surface area (Å²) in [5, 5.41) is 16.6. The van der Waals surface area contributed by atoms with Crippen LogP contribution in [0.1, 0.15) is 21.5 Å². The van der Waals surface area contributed by atoms with E-state index in [1.54, 1.807) is 42.3 Å². The minimum Gasteiger partial charge on any atom is -0.268 e. The number of aromatic nitrogens is 2. The van der Waals surface area contributed by atoms with Crippen LogP contribution in [0, 0.1) is 11.3 Å². The number of nitrogens with zero attached hydrogens (tertiary/aromatic N) is 5. The zero-order valence-corrected chi connectivity index (χ0v) is 14.1. The number of rotatable bonds is 4. The summed E-state index contributed by atoms with van der Waals surface area (Å²) in [5.41, 5.74) is 2.64. The van der Waals surface area contributed by atoms with Gasteiger partial charge in [0.15, 0.2) is 0 Å². The molecule has 24 heavy (non-hydrogen) atoms. The molecular weight excluding hydrogens is 322 g/mol. The fourth-order valence-corrected chi connectivity index (χ4v) is 3.10. The quantitative estimate of drug-likeness (QED) is 0.684. The van der Waals surface area contributed by atoms with Crippen molar-refractivity contribution in [3.05, 3.63) is 59.2 Å². The lowest BCUT2D eigenvalue weighted by Gasteiger charge is -2.29. The van der Waals surface area contributed by atoms with E-state index >= 15 is 0 Å². The molecule has 0 saturated carbocycles. The number of carbonyl (C=O) groups excluding carboxylic acids is 1. The van der Waals surface area contributed by atoms with Gasteiger partial charge >= 0.3 is 0 Å². The molecule has 0 fully saturated rings. The molecule has 7 heteroatoms. The highest BCUT2D eigenvalue weighted by Crippen LogP contribution is 2.23. The summed E-state index contributed by atoms with van der Waals surface area (Å²) in [6.07, 6.45) is 0. The number of fused-ring (bicyclic) bond motifs is 1. The molecule has 1 heterocycles. The molecule has 0 saturated heterocycles. The van der Waals surface area contributed by atoms with E-state index in [1.165, 1.54) is 11.5 Å². The Balaban J connectivity index is 1.98. The molecular formula is C17H15N5OS. The lowest BCUT2D eigenvalue weighted by atomic mass is 10.1. The van der Waals surface area contributed by atoms with E-state index in [4.69, 9.17) is 0 Å². The van der Waals surface area contributed by atoms with Crippen LogP contribution in [-0.4, -0.2) is 39.6 Å². The first-order valence-electron chi connectivity index (χ1n) is 7.30. The molecule has 0 atom stereocenters. The van der Waals surface area contributed by atoms with Crippen LogP contribution in [0.15, 0.2) is 42.5 Å². The first-order chi connectivity index (χ1) is 11.6. The van der Waals surface area contributed by atoms with E-state index < -0.39 is 0 Å². The summed E-state index contributed by atoms with van der Waals surface area (Å²) in [5.74, 6) is -0.149. The largest absolute Gasteiger partial charge is 0.270 e. The van der Waals surface area contributed by atoms with Crippen LogP contribution >= 0.6 is 11.5 Å². The zero-order chi connectivity index (χ0) is 17.1. The van der Waals surface area contributed by atoms with E-state index in [1.807, 2.05) is 24.3 Å². The predicted octanol–water partition coefficient (Wildman–Crippen LogP) is 2.68. The number of hydrazine groups is 1. The molecule has 1 amide bonds. The number of amides is 1. The van der Waals surface area contributed by atoms with Gasteiger partial charge in [-0.2, -0.15) is 5.26 Å². The van der Waals surface area contributed by atoms with Gasteiger partial charge < -0.3 is 0 Å². The van der Waals surface area contributed by atoms with Crippen molar-refractivity contribution in [3.63, 3.8) is 0 Å². The fraction of sp³-hybridized carbons (Fsp3) is 0.176. The van der Waals surface area contributed by atoms with Crippen LogP contribution in [0.4, 0.5) is 0 Å². The van der Waals surface area contributed by atoms with Gasteiger partial charge in [0.25, 0.3) is 5.91 Å². The van der Waals surface area contributed by atoms with Gasteiger partial charge in [-0.15, -0.1) is 5.10 Å². The van der Waals surface area contributed by atoms with Crippen molar-refractivity contribution >= 4 is 27.7 Å². The maximum Gasteiger partial charge on any atom is 0.270 e. The second-order valence-corrected chi connectivity index (χ2v) is 6.16. The van der Waals surface area contributed by atoms with E-state index in [9.17, 15) is 10.1 Å². The van der Waals surface area contributed by atoms with Crippen LogP contribution < -0.4 is 0 Å². The third-order valence-electron chi connectivity index (χ3n) is 3.68. The molecule has 6 nitrogen and oxygen atoms in total. The summed E-state index contributed by atoms with van der Waals surface area (Å²) < 4.78 is 4.69. The molecule has 1 aromatic heterocycles. The van der Waals surface area contributed by atoms with Gasteiger partial charge in [-0.25, -0.2) is 5.01 Å². The van der Waals surface area contributed by atoms with E-state index in [0.29, 0.717) is 23.2 Å². The van der Waals surface area contributed by atoms with Gasteiger partial charge in [0.2, 0.25) is 0 Å². The molecule has 0 aliphatic carbocycles. The number of carbonyl (C=O) groups is 1. The van der Waals surface area contributed by atoms with Crippen molar-refractivity contribution in [2.24, 2.45) is 0 Å². The van der Waals surface area contributed by atoms with E-state index in [0.717, 1.165) is 10.3 Å². The maximum atomic E-state index is 13.1. The molecule has 120 valence electrons. The third kappa shape index (κ3) is 2.97. The topological polar surface area (TPSA) is 73.1 Å². The molecule has 0 aliphatic rings. The van der Waals surface area contributed by atoms with Gasteiger partial charge in [-0.1, -0.05) is 28.8 Å². The van der Waals surface area contributed by atoms with Gasteiger partial charge in [0.05, 0.1) is 28.4 Å². The van der Waals surface area contributed by atoms with Crippen LogP contribution in [0.25, 0.3) is 10.2 Å². The summed E-state index contributed by atoms with van der Waals surface area (Å²) >= 11 is 1.21. The Labute approximate surface area is 143 Å².